The van der Waals surface area contributed by atoms with Gasteiger partial charge in [-0.2, -0.15) is 0 Å². The molecule has 1 amide bonds. The van der Waals surface area contributed by atoms with Gasteiger partial charge >= 0.3 is 18.0 Å². The number of halogens is 2. The first-order valence-corrected chi connectivity index (χ1v) is 13.3. The second kappa shape index (κ2) is 12.9. The number of amides is 1. The zero-order valence-electron chi connectivity index (χ0n) is 22.6. The van der Waals surface area contributed by atoms with Crippen LogP contribution >= 0.6 is 15.9 Å². The summed E-state index contributed by atoms with van der Waals surface area (Å²) in [4.78, 5) is 40.4. The Labute approximate surface area is 235 Å². The van der Waals surface area contributed by atoms with Crippen molar-refractivity contribution in [3.63, 3.8) is 0 Å². The number of carbonyl (C=O) groups excluding carboxylic acids is 3. The molecule has 0 saturated carbocycles. The molecule has 8 nitrogen and oxygen atoms in total. The number of hydrogen-bond donors (Lipinski definition) is 0. The second-order valence-electron chi connectivity index (χ2n) is 9.53. The third kappa shape index (κ3) is 7.47. The first kappa shape index (κ1) is 29.9. The summed E-state index contributed by atoms with van der Waals surface area (Å²) >= 11 is 3.65. The van der Waals surface area contributed by atoms with Crippen molar-refractivity contribution in [2.45, 2.75) is 46.8 Å². The molecule has 0 N–H and O–H groups in total. The van der Waals surface area contributed by atoms with Gasteiger partial charge in [-0.3, -0.25) is 9.69 Å². The molecule has 0 aliphatic rings. The number of nitrogens with zero attached hydrogens (tertiary/aromatic N) is 2. The number of rotatable bonds is 9. The topological polar surface area (TPSA) is 87.1 Å². The van der Waals surface area contributed by atoms with Gasteiger partial charge in [-0.25, -0.2) is 14.0 Å². The normalized spacial score (nSPS) is 11.2. The van der Waals surface area contributed by atoms with Gasteiger partial charge < -0.3 is 18.8 Å². The van der Waals surface area contributed by atoms with E-state index in [-0.39, 0.29) is 25.3 Å². The van der Waals surface area contributed by atoms with E-state index in [4.69, 9.17) is 14.2 Å². The fourth-order valence-electron chi connectivity index (χ4n) is 3.94. The summed E-state index contributed by atoms with van der Waals surface area (Å²) in [5.41, 5.74) is 1.43. The lowest BCUT2D eigenvalue weighted by Crippen LogP contribution is -2.40. The fraction of sp³-hybridized carbons (Fsp3) is 0.345. The van der Waals surface area contributed by atoms with Gasteiger partial charge in [0.25, 0.3) is 0 Å². The maximum Gasteiger partial charge on any atom is 0.411 e. The van der Waals surface area contributed by atoms with Gasteiger partial charge in [0.05, 0.1) is 35.6 Å². The van der Waals surface area contributed by atoms with Gasteiger partial charge in [-0.1, -0.05) is 30.3 Å². The highest BCUT2D eigenvalue weighted by Gasteiger charge is 2.33. The molecule has 0 atom stereocenters. The van der Waals surface area contributed by atoms with E-state index in [1.165, 1.54) is 17.0 Å². The zero-order chi connectivity index (χ0) is 28.7. The molecule has 0 fully saturated rings. The van der Waals surface area contributed by atoms with Crippen LogP contribution in [-0.4, -0.2) is 52.9 Å². The summed E-state index contributed by atoms with van der Waals surface area (Å²) in [5, 5.41) is 0. The Morgan fingerprint density at radius 3 is 2.13 bits per heavy atom. The van der Waals surface area contributed by atoms with Gasteiger partial charge in [0.1, 0.15) is 18.0 Å². The van der Waals surface area contributed by atoms with Crippen LogP contribution in [0.3, 0.4) is 0 Å². The molecular formula is C29H32BrFN2O6. The molecule has 2 aromatic carbocycles. The van der Waals surface area contributed by atoms with Gasteiger partial charge in [0.2, 0.25) is 0 Å². The van der Waals surface area contributed by atoms with Crippen LogP contribution in [0.5, 0.6) is 0 Å². The minimum Gasteiger partial charge on any atom is -0.465 e. The number of ether oxygens (including phenoxy) is 3. The Kier molecular flexibility index (Phi) is 9.91. The molecular weight excluding hydrogens is 571 g/mol. The molecule has 10 heteroatoms. The number of carbonyl (C=O) groups is 3. The van der Waals surface area contributed by atoms with Crippen LogP contribution in [0.1, 0.15) is 50.7 Å². The van der Waals surface area contributed by atoms with Crippen LogP contribution in [0.25, 0.3) is 16.8 Å². The van der Waals surface area contributed by atoms with E-state index >= 15 is 0 Å². The predicted octanol–water partition coefficient (Wildman–Crippen LogP) is 6.52. The smallest absolute Gasteiger partial charge is 0.411 e. The number of aromatic nitrogens is 1. The lowest BCUT2D eigenvalue weighted by molar-refractivity contribution is -0.144. The minimum absolute atomic E-state index is 0.116. The molecule has 3 rings (SSSR count). The molecule has 208 valence electrons. The Morgan fingerprint density at radius 2 is 1.56 bits per heavy atom. The average molecular weight is 603 g/mol. The van der Waals surface area contributed by atoms with Gasteiger partial charge in [-0.05, 0) is 80.4 Å². The molecule has 0 radical (unpaired) electrons. The third-order valence-electron chi connectivity index (χ3n) is 5.46. The van der Waals surface area contributed by atoms with Crippen molar-refractivity contribution < 1.29 is 33.0 Å². The lowest BCUT2D eigenvalue weighted by Gasteiger charge is -2.27. The molecule has 1 aromatic heterocycles. The quantitative estimate of drug-likeness (QED) is 0.205. The van der Waals surface area contributed by atoms with Crippen LogP contribution < -0.4 is 0 Å². The molecule has 39 heavy (non-hydrogen) atoms. The van der Waals surface area contributed by atoms with Crippen LogP contribution in [0.4, 0.5) is 9.18 Å². The van der Waals surface area contributed by atoms with E-state index in [0.717, 1.165) is 0 Å². The van der Waals surface area contributed by atoms with Crippen molar-refractivity contribution in [3.8, 4) is 16.8 Å². The summed E-state index contributed by atoms with van der Waals surface area (Å²) in [6, 6.07) is 14.9. The van der Waals surface area contributed by atoms with Crippen molar-refractivity contribution in [1.29, 1.82) is 0 Å². The maximum absolute atomic E-state index is 13.9. The van der Waals surface area contributed by atoms with E-state index in [2.05, 4.69) is 15.9 Å². The summed E-state index contributed by atoms with van der Waals surface area (Å²) in [5.74, 6) is -1.69. The number of hydrogen-bond acceptors (Lipinski definition) is 6. The van der Waals surface area contributed by atoms with Crippen LogP contribution in [0.2, 0.25) is 0 Å². The standard InChI is InChI=1S/C29H32BrFN2O6/c1-6-37-23(34)18-32(28(36)39-29(3,4)5)17-22-25(27(35)38-7-2)24(19-11-9-8-10-12-19)26(30)33(22)21-15-13-20(31)14-16-21/h8-16H,6-7,17-18H2,1-5H3. The highest BCUT2D eigenvalue weighted by molar-refractivity contribution is 9.10. The first-order valence-electron chi connectivity index (χ1n) is 12.5. The summed E-state index contributed by atoms with van der Waals surface area (Å²) in [7, 11) is 0. The van der Waals surface area contributed by atoms with Crippen molar-refractivity contribution in [2.24, 2.45) is 0 Å². The Bertz CT molecular complexity index is 1320. The van der Waals surface area contributed by atoms with Crippen LogP contribution in [-0.2, 0) is 25.5 Å². The molecule has 0 spiro atoms. The highest BCUT2D eigenvalue weighted by atomic mass is 79.9. The van der Waals surface area contributed by atoms with Crippen molar-refractivity contribution in [3.05, 3.63) is 76.3 Å². The lowest BCUT2D eigenvalue weighted by atomic mass is 10.0. The summed E-state index contributed by atoms with van der Waals surface area (Å²) < 4.78 is 32.1. The predicted molar refractivity (Wildman–Crippen MR) is 148 cm³/mol. The number of esters is 2. The Balaban J connectivity index is 2.30. The minimum atomic E-state index is -0.845. The molecule has 0 aliphatic carbocycles. The summed E-state index contributed by atoms with van der Waals surface area (Å²) in [6.07, 6.45) is -0.769. The molecule has 1 heterocycles. The Morgan fingerprint density at radius 1 is 0.949 bits per heavy atom. The molecule has 0 bridgehead atoms. The maximum atomic E-state index is 13.9. The molecule has 0 unspecified atom stereocenters. The second-order valence-corrected chi connectivity index (χ2v) is 10.3. The molecule has 3 aromatic rings. The monoisotopic (exact) mass is 602 g/mol. The molecule has 0 saturated heterocycles. The van der Waals surface area contributed by atoms with Gasteiger partial charge in [0, 0.05) is 11.3 Å². The first-order chi connectivity index (χ1) is 18.5. The number of benzene rings is 2. The summed E-state index contributed by atoms with van der Waals surface area (Å²) in [6.45, 7) is 8.10. The van der Waals surface area contributed by atoms with Crippen LogP contribution in [0, 0.1) is 5.82 Å². The van der Waals surface area contributed by atoms with Crippen molar-refractivity contribution in [2.75, 3.05) is 19.8 Å². The fourth-order valence-corrected chi connectivity index (χ4v) is 4.79. The van der Waals surface area contributed by atoms with E-state index in [0.29, 0.717) is 27.1 Å². The van der Waals surface area contributed by atoms with E-state index in [1.807, 2.05) is 30.3 Å². The van der Waals surface area contributed by atoms with E-state index in [9.17, 15) is 18.8 Å². The average Bonchev–Trinajstić information content (AvgIpc) is 3.15. The molecule has 0 aliphatic heterocycles. The van der Waals surface area contributed by atoms with Crippen molar-refractivity contribution in [1.82, 2.24) is 9.47 Å². The van der Waals surface area contributed by atoms with Crippen molar-refractivity contribution >= 4 is 34.0 Å². The van der Waals surface area contributed by atoms with Gasteiger partial charge in [0.15, 0.2) is 0 Å². The third-order valence-corrected chi connectivity index (χ3v) is 6.21. The highest BCUT2D eigenvalue weighted by Crippen LogP contribution is 2.40. The van der Waals surface area contributed by atoms with E-state index in [1.54, 1.807) is 51.3 Å². The largest absolute Gasteiger partial charge is 0.465 e. The Hall–Kier alpha value is -3.66. The van der Waals surface area contributed by atoms with E-state index < -0.39 is 36.0 Å². The SMILES string of the molecule is CCOC(=O)CN(Cc1c(C(=O)OCC)c(-c2ccccc2)c(Br)n1-c1ccc(F)cc1)C(=O)OC(C)(C)C. The van der Waals surface area contributed by atoms with Gasteiger partial charge in [-0.15, -0.1) is 0 Å². The van der Waals surface area contributed by atoms with Crippen LogP contribution in [0.15, 0.2) is 59.2 Å². The zero-order valence-corrected chi connectivity index (χ0v) is 24.2.